The Kier molecular flexibility index (Phi) is 2.87. The fourth-order valence-corrected chi connectivity index (χ4v) is 1.78. The smallest absolute Gasteiger partial charge is 0.429 e. The number of ether oxygens (including phenoxy) is 1. The normalized spacial score (nSPS) is 19.1. The van der Waals surface area contributed by atoms with Gasteiger partial charge in [0.1, 0.15) is 12.0 Å². The number of carbonyl (C=O) groups is 1. The van der Waals surface area contributed by atoms with Crippen LogP contribution in [0.4, 0.5) is 13.2 Å². The first-order chi connectivity index (χ1) is 7.93. The molecule has 1 heterocycles. The summed E-state index contributed by atoms with van der Waals surface area (Å²) in [6.07, 6.45) is -5.63. The van der Waals surface area contributed by atoms with Gasteiger partial charge in [-0.1, -0.05) is 23.7 Å². The average Bonchev–Trinajstić information content (AvgIpc) is 2.26. The van der Waals surface area contributed by atoms with Crippen LogP contribution in [0.5, 0.6) is 5.75 Å². The van der Waals surface area contributed by atoms with Gasteiger partial charge in [-0.2, -0.15) is 13.2 Å². The number of aldehydes is 1. The Morgan fingerprint density at radius 3 is 2.65 bits per heavy atom. The number of benzene rings is 1. The quantitative estimate of drug-likeness (QED) is 0.726. The van der Waals surface area contributed by atoms with Crippen LogP contribution in [0, 0.1) is 0 Å². The Bertz CT molecular complexity index is 494. The summed E-state index contributed by atoms with van der Waals surface area (Å²) in [5, 5.41) is 0.0814. The van der Waals surface area contributed by atoms with Crippen molar-refractivity contribution in [2.75, 3.05) is 0 Å². The lowest BCUT2D eigenvalue weighted by Gasteiger charge is -2.27. The highest BCUT2D eigenvalue weighted by molar-refractivity contribution is 6.32. The van der Waals surface area contributed by atoms with E-state index in [0.29, 0.717) is 5.56 Å². The van der Waals surface area contributed by atoms with Gasteiger partial charge in [-0.05, 0) is 12.1 Å². The van der Waals surface area contributed by atoms with Crippen molar-refractivity contribution in [3.63, 3.8) is 0 Å². The molecule has 0 amide bonds. The standard InChI is InChI=1S/C11H6ClF3O2/c12-8-3-1-2-6-4-7(5-16)10(11(13,14)15)17-9(6)8/h1-5,10H. The highest BCUT2D eigenvalue weighted by atomic mass is 35.5. The molecule has 1 aliphatic rings. The molecule has 0 radical (unpaired) electrons. The van der Waals surface area contributed by atoms with Crippen molar-refractivity contribution >= 4 is 24.0 Å². The van der Waals surface area contributed by atoms with Crippen LogP contribution in [0.1, 0.15) is 5.56 Å². The molecule has 1 aliphatic heterocycles. The summed E-state index contributed by atoms with van der Waals surface area (Å²) >= 11 is 5.74. The van der Waals surface area contributed by atoms with Gasteiger partial charge in [0.25, 0.3) is 0 Å². The molecule has 0 aromatic heterocycles. The maximum atomic E-state index is 12.6. The second kappa shape index (κ2) is 4.07. The molecule has 2 rings (SSSR count). The van der Waals surface area contributed by atoms with E-state index >= 15 is 0 Å². The molecule has 1 unspecified atom stereocenters. The monoisotopic (exact) mass is 262 g/mol. The number of alkyl halides is 3. The van der Waals surface area contributed by atoms with Crippen LogP contribution in [-0.4, -0.2) is 18.6 Å². The van der Waals surface area contributed by atoms with E-state index < -0.39 is 17.9 Å². The molecule has 17 heavy (non-hydrogen) atoms. The van der Waals surface area contributed by atoms with E-state index in [2.05, 4.69) is 0 Å². The Labute approximate surface area is 99.6 Å². The minimum absolute atomic E-state index is 0.0536. The van der Waals surface area contributed by atoms with Crippen molar-refractivity contribution in [1.82, 2.24) is 0 Å². The van der Waals surface area contributed by atoms with Crippen LogP contribution in [-0.2, 0) is 4.79 Å². The maximum absolute atomic E-state index is 12.6. The van der Waals surface area contributed by atoms with E-state index in [1.54, 1.807) is 6.07 Å². The molecule has 0 saturated carbocycles. The number of para-hydroxylation sites is 1. The van der Waals surface area contributed by atoms with E-state index in [9.17, 15) is 18.0 Å². The third-order valence-electron chi connectivity index (χ3n) is 2.29. The van der Waals surface area contributed by atoms with Gasteiger partial charge in [0, 0.05) is 11.1 Å². The van der Waals surface area contributed by atoms with E-state index in [4.69, 9.17) is 16.3 Å². The first-order valence-electron chi connectivity index (χ1n) is 4.62. The predicted molar refractivity (Wildman–Crippen MR) is 56.0 cm³/mol. The molecule has 0 saturated heterocycles. The van der Waals surface area contributed by atoms with Crippen molar-refractivity contribution in [3.05, 3.63) is 34.4 Å². The highest BCUT2D eigenvalue weighted by Gasteiger charge is 2.46. The van der Waals surface area contributed by atoms with Crippen LogP contribution in [0.25, 0.3) is 6.08 Å². The minimum Gasteiger partial charge on any atom is -0.474 e. The minimum atomic E-state index is -4.65. The van der Waals surface area contributed by atoms with Crippen molar-refractivity contribution < 1.29 is 22.7 Å². The SMILES string of the molecule is O=CC1=Cc2cccc(Cl)c2OC1C(F)(F)F. The van der Waals surface area contributed by atoms with Crippen LogP contribution in [0.2, 0.25) is 5.02 Å². The van der Waals surface area contributed by atoms with Crippen LogP contribution in [0.15, 0.2) is 23.8 Å². The number of fused-ring (bicyclic) bond motifs is 1. The van der Waals surface area contributed by atoms with E-state index in [0.717, 1.165) is 6.08 Å². The number of carbonyl (C=O) groups excluding carboxylic acids is 1. The molecule has 0 aliphatic carbocycles. The van der Waals surface area contributed by atoms with E-state index in [-0.39, 0.29) is 17.1 Å². The molecule has 90 valence electrons. The number of rotatable bonds is 1. The second-order valence-corrected chi connectivity index (χ2v) is 3.87. The summed E-state index contributed by atoms with van der Waals surface area (Å²) in [6.45, 7) is 0. The molecular weight excluding hydrogens is 257 g/mol. The number of halogens is 4. The summed E-state index contributed by atoms with van der Waals surface area (Å²) in [7, 11) is 0. The number of hydrogen-bond donors (Lipinski definition) is 0. The zero-order chi connectivity index (χ0) is 12.6. The maximum Gasteiger partial charge on any atom is 0.429 e. The lowest BCUT2D eigenvalue weighted by atomic mass is 10.0. The van der Waals surface area contributed by atoms with Gasteiger partial charge in [-0.3, -0.25) is 4.79 Å². The lowest BCUT2D eigenvalue weighted by Crippen LogP contribution is -2.38. The Morgan fingerprint density at radius 2 is 2.06 bits per heavy atom. The summed E-state index contributed by atoms with van der Waals surface area (Å²) < 4.78 is 42.7. The second-order valence-electron chi connectivity index (χ2n) is 3.46. The third-order valence-corrected chi connectivity index (χ3v) is 2.59. The van der Waals surface area contributed by atoms with Gasteiger partial charge < -0.3 is 4.74 Å². The molecule has 0 bridgehead atoms. The van der Waals surface area contributed by atoms with Gasteiger partial charge in [-0.15, -0.1) is 0 Å². The largest absolute Gasteiger partial charge is 0.474 e. The van der Waals surface area contributed by atoms with Crippen LogP contribution in [0.3, 0.4) is 0 Å². The summed E-state index contributed by atoms with van der Waals surface area (Å²) in [4.78, 5) is 10.6. The van der Waals surface area contributed by atoms with E-state index in [1.807, 2.05) is 0 Å². The first-order valence-corrected chi connectivity index (χ1v) is 5.00. The average molecular weight is 263 g/mol. The summed E-state index contributed by atoms with van der Waals surface area (Å²) in [6, 6.07) is 4.52. The molecule has 1 atom stereocenters. The predicted octanol–water partition coefficient (Wildman–Crippen LogP) is 3.25. The fraction of sp³-hybridized carbons (Fsp3) is 0.182. The topological polar surface area (TPSA) is 26.3 Å². The molecule has 1 aromatic rings. The zero-order valence-electron chi connectivity index (χ0n) is 8.29. The lowest BCUT2D eigenvalue weighted by molar-refractivity contribution is -0.184. The summed E-state index contributed by atoms with van der Waals surface area (Å²) in [5.41, 5.74) is -0.104. The van der Waals surface area contributed by atoms with Crippen molar-refractivity contribution in [2.45, 2.75) is 12.3 Å². The Hall–Kier alpha value is -1.49. The first kappa shape index (κ1) is 12.0. The molecule has 2 nitrogen and oxygen atoms in total. The van der Waals surface area contributed by atoms with Gasteiger partial charge >= 0.3 is 6.18 Å². The molecule has 1 aromatic carbocycles. The van der Waals surface area contributed by atoms with Gasteiger partial charge in [0.05, 0.1) is 5.02 Å². The van der Waals surface area contributed by atoms with Crippen molar-refractivity contribution in [1.29, 1.82) is 0 Å². The van der Waals surface area contributed by atoms with E-state index in [1.165, 1.54) is 12.1 Å². The van der Waals surface area contributed by atoms with Crippen LogP contribution >= 0.6 is 11.6 Å². The Balaban J connectivity index is 2.53. The fourth-order valence-electron chi connectivity index (χ4n) is 1.56. The molecule has 0 N–H and O–H groups in total. The van der Waals surface area contributed by atoms with Gasteiger partial charge in [0.2, 0.25) is 6.10 Å². The third kappa shape index (κ3) is 2.15. The Morgan fingerprint density at radius 1 is 1.35 bits per heavy atom. The molecule has 0 fully saturated rings. The number of hydrogen-bond acceptors (Lipinski definition) is 2. The van der Waals surface area contributed by atoms with Crippen LogP contribution < -0.4 is 4.74 Å². The summed E-state index contributed by atoms with van der Waals surface area (Å²) in [5.74, 6) is -0.0536. The van der Waals surface area contributed by atoms with Gasteiger partial charge in [0.15, 0.2) is 0 Å². The molecular formula is C11H6ClF3O2. The highest BCUT2D eigenvalue weighted by Crippen LogP contribution is 2.39. The van der Waals surface area contributed by atoms with Crippen molar-refractivity contribution in [3.8, 4) is 5.75 Å². The zero-order valence-corrected chi connectivity index (χ0v) is 9.05. The van der Waals surface area contributed by atoms with Crippen molar-refractivity contribution in [2.24, 2.45) is 0 Å². The molecule has 0 spiro atoms. The van der Waals surface area contributed by atoms with Gasteiger partial charge in [-0.25, -0.2) is 0 Å². The molecule has 6 heteroatoms.